The molecule has 0 N–H and O–H groups in total. The van der Waals surface area contributed by atoms with Crippen LogP contribution in [0, 0.1) is 0 Å². The van der Waals surface area contributed by atoms with Crippen LogP contribution in [0.25, 0.3) is 0 Å². The number of nitrogens with zero attached hydrogens (tertiary/aromatic N) is 1. The number of hydrogen-bond acceptors (Lipinski definition) is 3. The maximum atomic E-state index is 11.5. The third-order valence-corrected chi connectivity index (χ3v) is 2.78. The summed E-state index contributed by atoms with van der Waals surface area (Å²) in [6.45, 7) is 4.26. The number of halogens is 1. The number of sulfone groups is 1. The Bertz CT molecular complexity index is 287. The zero-order valence-corrected chi connectivity index (χ0v) is 11.1. The van der Waals surface area contributed by atoms with Gasteiger partial charge in [0.15, 0.2) is 9.84 Å². The van der Waals surface area contributed by atoms with Crippen LogP contribution >= 0.6 is 15.9 Å². The van der Waals surface area contributed by atoms with Crippen molar-refractivity contribution in [2.24, 2.45) is 0 Å². The van der Waals surface area contributed by atoms with E-state index in [1.54, 1.807) is 4.90 Å². The van der Waals surface area contributed by atoms with Crippen molar-refractivity contribution in [2.45, 2.75) is 19.9 Å². The summed E-state index contributed by atoms with van der Waals surface area (Å²) < 4.78 is 21.8. The maximum absolute atomic E-state index is 11.5. The molecule has 1 amide bonds. The van der Waals surface area contributed by atoms with Gasteiger partial charge in [0.2, 0.25) is 5.91 Å². The van der Waals surface area contributed by atoms with E-state index in [0.717, 1.165) is 6.26 Å². The van der Waals surface area contributed by atoms with Crippen molar-refractivity contribution in [3.8, 4) is 0 Å². The Morgan fingerprint density at radius 3 is 2.21 bits per heavy atom. The highest BCUT2D eigenvalue weighted by molar-refractivity contribution is 9.09. The molecule has 0 fully saturated rings. The van der Waals surface area contributed by atoms with E-state index < -0.39 is 15.6 Å². The molecule has 0 aliphatic carbocycles. The molecule has 0 saturated carbocycles. The lowest BCUT2D eigenvalue weighted by Gasteiger charge is -2.25. The fourth-order valence-electron chi connectivity index (χ4n) is 1.07. The quantitative estimate of drug-likeness (QED) is 0.698. The third kappa shape index (κ3) is 5.59. The average Bonchev–Trinajstić information content (AvgIpc) is 1.95. The van der Waals surface area contributed by atoms with Crippen LogP contribution in [0.5, 0.6) is 0 Å². The molecule has 0 radical (unpaired) electrons. The highest BCUT2D eigenvalue weighted by Crippen LogP contribution is 2.02. The number of amides is 1. The molecule has 0 rings (SSSR count). The molecule has 0 heterocycles. The predicted molar refractivity (Wildman–Crippen MR) is 60.4 cm³/mol. The number of alkyl halides is 1. The standard InChI is InChI=1S/C8H16BrNO3S/c1-7(2)10(5-4-9)8(11)6-14(3,12)13/h7H,4-6H2,1-3H3. The monoisotopic (exact) mass is 285 g/mol. The van der Waals surface area contributed by atoms with E-state index >= 15 is 0 Å². The molecule has 6 heteroatoms. The lowest BCUT2D eigenvalue weighted by molar-refractivity contribution is -0.129. The second-order valence-corrected chi connectivity index (χ2v) is 6.37. The fraction of sp³-hybridized carbons (Fsp3) is 0.875. The number of carbonyl (C=O) groups is 1. The molecule has 0 aromatic carbocycles. The predicted octanol–water partition coefficient (Wildman–Crippen LogP) is 0.663. The SMILES string of the molecule is CC(C)N(CCBr)C(=O)CS(C)(=O)=O. The van der Waals surface area contributed by atoms with Crippen LogP contribution in [0.15, 0.2) is 0 Å². The van der Waals surface area contributed by atoms with Gasteiger partial charge in [-0.25, -0.2) is 8.42 Å². The molecular formula is C8H16BrNO3S. The summed E-state index contributed by atoms with van der Waals surface area (Å²) in [5.41, 5.74) is 0. The Balaban J connectivity index is 4.45. The number of hydrogen-bond donors (Lipinski definition) is 0. The summed E-state index contributed by atoms with van der Waals surface area (Å²) in [7, 11) is -3.23. The molecule has 84 valence electrons. The van der Waals surface area contributed by atoms with Crippen molar-refractivity contribution in [2.75, 3.05) is 23.9 Å². The summed E-state index contributed by atoms with van der Waals surface area (Å²) in [6, 6.07) is 0.0294. The Morgan fingerprint density at radius 1 is 1.43 bits per heavy atom. The van der Waals surface area contributed by atoms with Gasteiger partial charge >= 0.3 is 0 Å². The zero-order chi connectivity index (χ0) is 11.4. The highest BCUT2D eigenvalue weighted by Gasteiger charge is 2.19. The van der Waals surface area contributed by atoms with Crippen molar-refractivity contribution in [3.63, 3.8) is 0 Å². The van der Waals surface area contributed by atoms with E-state index in [0.29, 0.717) is 11.9 Å². The van der Waals surface area contributed by atoms with E-state index in [4.69, 9.17) is 0 Å². The number of rotatable bonds is 5. The topological polar surface area (TPSA) is 54.5 Å². The molecule has 14 heavy (non-hydrogen) atoms. The minimum Gasteiger partial charge on any atom is -0.339 e. The fourth-order valence-corrected chi connectivity index (χ4v) is 2.07. The molecule has 4 nitrogen and oxygen atoms in total. The van der Waals surface area contributed by atoms with Crippen LogP contribution in [0.3, 0.4) is 0 Å². The van der Waals surface area contributed by atoms with Crippen molar-refractivity contribution in [1.82, 2.24) is 4.90 Å². The van der Waals surface area contributed by atoms with Gasteiger partial charge in [-0.1, -0.05) is 15.9 Å². The third-order valence-electron chi connectivity index (χ3n) is 1.65. The first-order chi connectivity index (χ1) is 6.28. The maximum Gasteiger partial charge on any atom is 0.238 e. The van der Waals surface area contributed by atoms with Gasteiger partial charge in [-0.15, -0.1) is 0 Å². The van der Waals surface area contributed by atoms with E-state index in [1.165, 1.54) is 0 Å². The summed E-state index contributed by atoms with van der Waals surface area (Å²) in [6.07, 6.45) is 1.07. The summed E-state index contributed by atoms with van der Waals surface area (Å²) in [4.78, 5) is 13.1. The normalized spacial score (nSPS) is 11.8. The molecule has 0 unspecified atom stereocenters. The summed E-state index contributed by atoms with van der Waals surface area (Å²) >= 11 is 3.22. The van der Waals surface area contributed by atoms with Gasteiger partial charge in [-0.05, 0) is 13.8 Å². The Labute approximate surface area is 93.7 Å². The van der Waals surface area contributed by atoms with E-state index in [9.17, 15) is 13.2 Å². The lowest BCUT2D eigenvalue weighted by Crippen LogP contribution is -2.41. The molecule has 0 saturated heterocycles. The Hall–Kier alpha value is -0.100. The van der Waals surface area contributed by atoms with Gasteiger partial charge in [0.25, 0.3) is 0 Å². The molecule has 0 spiro atoms. The Morgan fingerprint density at radius 2 is 1.93 bits per heavy atom. The second-order valence-electron chi connectivity index (χ2n) is 3.44. The van der Waals surface area contributed by atoms with E-state index in [2.05, 4.69) is 15.9 Å². The van der Waals surface area contributed by atoms with Crippen LogP contribution in [-0.2, 0) is 14.6 Å². The number of carbonyl (C=O) groups excluding carboxylic acids is 1. The van der Waals surface area contributed by atoms with Gasteiger partial charge < -0.3 is 4.90 Å². The van der Waals surface area contributed by atoms with E-state index in [1.807, 2.05) is 13.8 Å². The average molecular weight is 286 g/mol. The second kappa shape index (κ2) is 5.70. The minimum absolute atomic E-state index is 0.0294. The van der Waals surface area contributed by atoms with Crippen LogP contribution < -0.4 is 0 Å². The van der Waals surface area contributed by atoms with Crippen molar-refractivity contribution in [3.05, 3.63) is 0 Å². The highest BCUT2D eigenvalue weighted by atomic mass is 79.9. The minimum atomic E-state index is -3.23. The van der Waals surface area contributed by atoms with Gasteiger partial charge in [0, 0.05) is 24.2 Å². The van der Waals surface area contributed by atoms with Crippen LogP contribution in [0.2, 0.25) is 0 Å². The molecule has 0 bridgehead atoms. The summed E-state index contributed by atoms with van der Waals surface area (Å²) in [5, 5.41) is 0.653. The lowest BCUT2D eigenvalue weighted by atomic mass is 10.3. The summed E-state index contributed by atoms with van der Waals surface area (Å²) in [5.74, 6) is -0.736. The van der Waals surface area contributed by atoms with Gasteiger partial charge in [0.05, 0.1) is 0 Å². The molecule has 0 aliphatic rings. The first kappa shape index (κ1) is 13.9. The van der Waals surface area contributed by atoms with Crippen LogP contribution in [0.1, 0.15) is 13.8 Å². The van der Waals surface area contributed by atoms with Crippen LogP contribution in [0.4, 0.5) is 0 Å². The Kier molecular flexibility index (Phi) is 5.66. The molecule has 0 atom stereocenters. The molecule has 0 aromatic rings. The zero-order valence-electron chi connectivity index (χ0n) is 8.66. The van der Waals surface area contributed by atoms with Crippen molar-refractivity contribution >= 4 is 31.7 Å². The smallest absolute Gasteiger partial charge is 0.238 e. The largest absolute Gasteiger partial charge is 0.339 e. The molecule has 0 aliphatic heterocycles. The van der Waals surface area contributed by atoms with Gasteiger partial charge in [-0.2, -0.15) is 0 Å². The van der Waals surface area contributed by atoms with Crippen LogP contribution in [-0.4, -0.2) is 49.2 Å². The first-order valence-electron chi connectivity index (χ1n) is 4.31. The van der Waals surface area contributed by atoms with E-state index in [-0.39, 0.29) is 11.9 Å². The molecular weight excluding hydrogens is 270 g/mol. The first-order valence-corrected chi connectivity index (χ1v) is 7.49. The van der Waals surface area contributed by atoms with Gasteiger partial charge in [0.1, 0.15) is 5.75 Å². The van der Waals surface area contributed by atoms with Crippen molar-refractivity contribution in [1.29, 1.82) is 0 Å². The van der Waals surface area contributed by atoms with Gasteiger partial charge in [-0.3, -0.25) is 4.79 Å². The molecule has 0 aromatic heterocycles. The van der Waals surface area contributed by atoms with Crippen molar-refractivity contribution < 1.29 is 13.2 Å².